The van der Waals surface area contributed by atoms with E-state index in [9.17, 15) is 4.79 Å². The third-order valence-electron chi connectivity index (χ3n) is 6.41. The normalized spacial score (nSPS) is 19.0. The molecule has 1 fully saturated rings. The molecule has 0 radical (unpaired) electrons. The van der Waals surface area contributed by atoms with E-state index in [2.05, 4.69) is 52.7 Å². The molecule has 0 saturated carbocycles. The Hall–Kier alpha value is -2.60. The lowest BCUT2D eigenvalue weighted by atomic mass is 10.0. The Bertz CT molecular complexity index is 1170. The van der Waals surface area contributed by atoms with Crippen molar-refractivity contribution in [2.24, 2.45) is 0 Å². The molecular weight excluding hydrogens is 408 g/mol. The van der Waals surface area contributed by atoms with E-state index in [-0.39, 0.29) is 5.91 Å². The molecular formula is C25H27ClN4O. The van der Waals surface area contributed by atoms with Gasteiger partial charge in [-0.05, 0) is 38.2 Å². The van der Waals surface area contributed by atoms with Crippen molar-refractivity contribution in [1.82, 2.24) is 14.4 Å². The number of para-hydroxylation sites is 1. The topological polar surface area (TPSA) is 31.7 Å². The molecule has 3 heterocycles. The van der Waals surface area contributed by atoms with Gasteiger partial charge in [0.05, 0.1) is 12.4 Å². The number of anilines is 1. The molecule has 6 heteroatoms. The Morgan fingerprint density at radius 1 is 1.06 bits per heavy atom. The highest BCUT2D eigenvalue weighted by atomic mass is 35.5. The predicted molar refractivity (Wildman–Crippen MR) is 128 cm³/mol. The van der Waals surface area contributed by atoms with Crippen molar-refractivity contribution < 1.29 is 4.79 Å². The third kappa shape index (κ3) is 3.67. The van der Waals surface area contributed by atoms with Gasteiger partial charge in [-0.15, -0.1) is 0 Å². The van der Waals surface area contributed by atoms with E-state index in [1.54, 1.807) is 0 Å². The largest absolute Gasteiger partial charge is 0.347 e. The number of carbonyl (C=O) groups excluding carboxylic acids is 1. The minimum atomic E-state index is 0.0459. The lowest BCUT2D eigenvalue weighted by Gasteiger charge is -2.34. The lowest BCUT2D eigenvalue weighted by Crippen LogP contribution is -2.49. The van der Waals surface area contributed by atoms with Gasteiger partial charge in [-0.25, -0.2) is 0 Å². The van der Waals surface area contributed by atoms with E-state index >= 15 is 0 Å². The average Bonchev–Trinajstić information content (AvgIpc) is 3.26. The third-order valence-corrected chi connectivity index (χ3v) is 6.65. The van der Waals surface area contributed by atoms with E-state index in [4.69, 9.17) is 11.6 Å². The number of benzene rings is 2. The fourth-order valence-corrected chi connectivity index (χ4v) is 4.77. The molecule has 1 amide bonds. The molecule has 160 valence electrons. The zero-order valence-electron chi connectivity index (χ0n) is 18.0. The highest BCUT2D eigenvalue weighted by molar-refractivity contribution is 6.37. The number of halogens is 1. The molecule has 0 N–H and O–H groups in total. The monoisotopic (exact) mass is 434 g/mol. The minimum Gasteiger partial charge on any atom is -0.347 e. The quantitative estimate of drug-likeness (QED) is 0.570. The fourth-order valence-electron chi connectivity index (χ4n) is 4.60. The highest BCUT2D eigenvalue weighted by Gasteiger charge is 2.34. The van der Waals surface area contributed by atoms with Crippen molar-refractivity contribution in [2.45, 2.75) is 13.5 Å². The van der Waals surface area contributed by atoms with Gasteiger partial charge in [0, 0.05) is 71.5 Å². The van der Waals surface area contributed by atoms with Crippen LogP contribution in [0.4, 0.5) is 5.69 Å². The molecule has 0 bridgehead atoms. The molecule has 2 aliphatic rings. The zero-order chi connectivity index (χ0) is 21.5. The number of hydrogen-bond acceptors (Lipinski definition) is 3. The second-order valence-corrected chi connectivity index (χ2v) is 8.84. The summed E-state index contributed by atoms with van der Waals surface area (Å²) in [5, 5.41) is 1.82. The smallest absolute Gasteiger partial charge is 0.260 e. The van der Waals surface area contributed by atoms with E-state index < -0.39 is 0 Å². The lowest BCUT2D eigenvalue weighted by molar-refractivity contribution is -0.113. The first-order valence-electron chi connectivity index (χ1n) is 10.9. The van der Waals surface area contributed by atoms with Gasteiger partial charge in [0.2, 0.25) is 0 Å². The van der Waals surface area contributed by atoms with Crippen molar-refractivity contribution in [3.63, 3.8) is 0 Å². The molecule has 0 aliphatic carbocycles. The number of nitrogens with zero attached hydrogens (tertiary/aromatic N) is 4. The van der Waals surface area contributed by atoms with Gasteiger partial charge in [-0.2, -0.15) is 0 Å². The van der Waals surface area contributed by atoms with Gasteiger partial charge in [-0.1, -0.05) is 35.9 Å². The van der Waals surface area contributed by atoms with Gasteiger partial charge >= 0.3 is 0 Å². The average molecular weight is 435 g/mol. The zero-order valence-corrected chi connectivity index (χ0v) is 18.8. The molecule has 3 aromatic rings. The SMILES string of the molecule is CCn1cc(/C=C2\C(=O)N(CN3CCN(C)CC3)c3cc(Cl)ccc32)c2ccccc21. The maximum absolute atomic E-state index is 13.6. The van der Waals surface area contributed by atoms with Gasteiger partial charge in [0.15, 0.2) is 0 Å². The number of aryl methyl sites for hydroxylation is 1. The van der Waals surface area contributed by atoms with Crippen LogP contribution in [0.2, 0.25) is 5.02 Å². The number of rotatable bonds is 4. The number of hydrogen-bond donors (Lipinski definition) is 0. The van der Waals surface area contributed by atoms with Crippen LogP contribution in [-0.2, 0) is 11.3 Å². The van der Waals surface area contributed by atoms with E-state index in [0.29, 0.717) is 11.7 Å². The number of likely N-dealkylation sites (N-methyl/N-ethyl adjacent to an activating group) is 1. The van der Waals surface area contributed by atoms with Gasteiger partial charge < -0.3 is 9.47 Å². The summed E-state index contributed by atoms with van der Waals surface area (Å²) < 4.78 is 2.23. The molecule has 2 aliphatic heterocycles. The van der Waals surface area contributed by atoms with Crippen LogP contribution in [0.25, 0.3) is 22.6 Å². The number of aromatic nitrogens is 1. The van der Waals surface area contributed by atoms with E-state index in [0.717, 1.165) is 60.5 Å². The summed E-state index contributed by atoms with van der Waals surface area (Å²) in [5.74, 6) is 0.0459. The number of piperazine rings is 1. The Morgan fingerprint density at radius 3 is 2.61 bits per heavy atom. The Morgan fingerprint density at radius 2 is 1.84 bits per heavy atom. The van der Waals surface area contributed by atoms with Crippen molar-refractivity contribution in [3.05, 3.63) is 64.8 Å². The molecule has 1 aromatic heterocycles. The van der Waals surface area contributed by atoms with Crippen molar-refractivity contribution in [1.29, 1.82) is 0 Å². The summed E-state index contributed by atoms with van der Waals surface area (Å²) in [6.07, 6.45) is 4.19. The summed E-state index contributed by atoms with van der Waals surface area (Å²) in [6, 6.07) is 14.1. The van der Waals surface area contributed by atoms with Crippen molar-refractivity contribution in [2.75, 3.05) is 44.8 Å². The number of amides is 1. The fraction of sp³-hybridized carbons (Fsp3) is 0.320. The van der Waals surface area contributed by atoms with Gasteiger partial charge in [0.25, 0.3) is 5.91 Å². The summed E-state index contributed by atoms with van der Waals surface area (Å²) >= 11 is 6.33. The summed E-state index contributed by atoms with van der Waals surface area (Å²) in [5.41, 5.74) is 4.86. The van der Waals surface area contributed by atoms with Crippen LogP contribution in [0.15, 0.2) is 48.7 Å². The minimum absolute atomic E-state index is 0.0459. The molecule has 0 unspecified atom stereocenters. The first-order chi connectivity index (χ1) is 15.0. The van der Waals surface area contributed by atoms with Crippen LogP contribution in [0.1, 0.15) is 18.1 Å². The highest BCUT2D eigenvalue weighted by Crippen LogP contribution is 2.40. The van der Waals surface area contributed by atoms with Crippen LogP contribution >= 0.6 is 11.6 Å². The molecule has 0 spiro atoms. The summed E-state index contributed by atoms with van der Waals surface area (Å²) in [7, 11) is 2.14. The summed E-state index contributed by atoms with van der Waals surface area (Å²) in [4.78, 5) is 20.1. The predicted octanol–water partition coefficient (Wildman–Crippen LogP) is 4.41. The number of fused-ring (bicyclic) bond motifs is 2. The van der Waals surface area contributed by atoms with Gasteiger partial charge in [-0.3, -0.25) is 14.6 Å². The van der Waals surface area contributed by atoms with Crippen LogP contribution in [-0.4, -0.2) is 60.2 Å². The van der Waals surface area contributed by atoms with E-state index in [1.807, 2.05) is 35.2 Å². The molecule has 1 saturated heterocycles. The van der Waals surface area contributed by atoms with Crippen molar-refractivity contribution >= 4 is 45.7 Å². The van der Waals surface area contributed by atoms with Crippen LogP contribution in [0, 0.1) is 0 Å². The molecule has 0 atom stereocenters. The molecule has 31 heavy (non-hydrogen) atoms. The molecule has 5 rings (SSSR count). The Labute approximate surface area is 188 Å². The second kappa shape index (κ2) is 8.15. The molecule has 2 aromatic carbocycles. The van der Waals surface area contributed by atoms with Crippen molar-refractivity contribution in [3.8, 4) is 0 Å². The second-order valence-electron chi connectivity index (χ2n) is 8.40. The summed E-state index contributed by atoms with van der Waals surface area (Å²) in [6.45, 7) is 7.57. The first-order valence-corrected chi connectivity index (χ1v) is 11.2. The first kappa shape index (κ1) is 20.3. The maximum atomic E-state index is 13.6. The van der Waals surface area contributed by atoms with Crippen LogP contribution in [0.5, 0.6) is 0 Å². The maximum Gasteiger partial charge on any atom is 0.260 e. The van der Waals surface area contributed by atoms with Crippen LogP contribution in [0.3, 0.4) is 0 Å². The van der Waals surface area contributed by atoms with Crippen LogP contribution < -0.4 is 4.90 Å². The Kier molecular flexibility index (Phi) is 5.34. The molecule has 5 nitrogen and oxygen atoms in total. The van der Waals surface area contributed by atoms with E-state index in [1.165, 1.54) is 5.52 Å². The van der Waals surface area contributed by atoms with Gasteiger partial charge in [0.1, 0.15) is 0 Å². The Balaban J connectivity index is 1.55. The number of carbonyl (C=O) groups is 1. The standard InChI is InChI=1S/C25H27ClN4O/c1-3-29-16-18(20-6-4-5-7-23(20)29)14-22-21-9-8-19(26)15-24(21)30(25(22)31)17-28-12-10-27(2)11-13-28/h4-9,14-16H,3,10-13,17H2,1-2H3/b22-14-.